The summed E-state index contributed by atoms with van der Waals surface area (Å²) in [6.45, 7) is 4.25. The maximum absolute atomic E-state index is 11.5. The van der Waals surface area contributed by atoms with Gasteiger partial charge in [-0.05, 0) is 64.6 Å². The molecule has 0 bridgehead atoms. The molecule has 116 valence electrons. The van der Waals surface area contributed by atoms with Crippen LogP contribution < -0.4 is 5.32 Å². The Morgan fingerprint density at radius 3 is 2.75 bits per heavy atom. The van der Waals surface area contributed by atoms with Gasteiger partial charge >= 0.3 is 5.97 Å². The Bertz CT molecular complexity index is 328. The van der Waals surface area contributed by atoms with Crippen LogP contribution in [0.5, 0.6) is 0 Å². The van der Waals surface area contributed by atoms with E-state index in [1.807, 2.05) is 6.92 Å². The molecular formula is C16H30N2O2. The molecule has 0 spiro atoms. The number of nitrogens with zero attached hydrogens (tertiary/aromatic N) is 1. The van der Waals surface area contributed by atoms with Gasteiger partial charge in [-0.3, -0.25) is 4.79 Å². The lowest BCUT2D eigenvalue weighted by atomic mass is 9.85. The highest BCUT2D eigenvalue weighted by molar-refractivity contribution is 5.78. The van der Waals surface area contributed by atoms with Crippen molar-refractivity contribution in [3.63, 3.8) is 0 Å². The van der Waals surface area contributed by atoms with E-state index in [4.69, 9.17) is 0 Å². The first-order valence-corrected chi connectivity index (χ1v) is 8.29. The first-order chi connectivity index (χ1) is 9.63. The Balaban J connectivity index is 1.82. The molecule has 4 nitrogen and oxygen atoms in total. The van der Waals surface area contributed by atoms with E-state index in [0.29, 0.717) is 6.42 Å². The molecule has 2 rings (SSSR count). The standard InChI is InChI=1S/C16H30N2O2/c1-3-16(17-2,15(19)20)10-6-11-18-12-9-13-7-4-5-8-14(13)18/h13-14,17H,3-12H2,1-2H3,(H,19,20). The number of rotatable bonds is 7. The highest BCUT2D eigenvalue weighted by atomic mass is 16.4. The number of fused-ring (bicyclic) bond motifs is 1. The van der Waals surface area contributed by atoms with Crippen molar-refractivity contribution in [2.24, 2.45) is 5.92 Å². The summed E-state index contributed by atoms with van der Waals surface area (Å²) in [7, 11) is 1.77. The normalized spacial score (nSPS) is 29.9. The smallest absolute Gasteiger partial charge is 0.323 e. The third-order valence-electron chi connectivity index (χ3n) is 5.67. The van der Waals surface area contributed by atoms with E-state index in [2.05, 4.69) is 10.2 Å². The van der Waals surface area contributed by atoms with Crippen LogP contribution in [-0.2, 0) is 4.79 Å². The Morgan fingerprint density at radius 1 is 1.35 bits per heavy atom. The fourth-order valence-corrected chi connectivity index (χ4v) is 4.21. The van der Waals surface area contributed by atoms with Gasteiger partial charge in [0.05, 0.1) is 0 Å². The van der Waals surface area contributed by atoms with Crippen molar-refractivity contribution in [3.05, 3.63) is 0 Å². The van der Waals surface area contributed by atoms with Crippen LogP contribution in [0.2, 0.25) is 0 Å². The summed E-state index contributed by atoms with van der Waals surface area (Å²) in [5, 5.41) is 12.5. The van der Waals surface area contributed by atoms with Crippen molar-refractivity contribution in [1.29, 1.82) is 0 Å². The SMILES string of the molecule is CCC(CCCN1CCC2CCCCC21)(NC)C(=O)O. The van der Waals surface area contributed by atoms with Gasteiger partial charge in [0.2, 0.25) is 0 Å². The van der Waals surface area contributed by atoms with E-state index in [0.717, 1.165) is 31.3 Å². The van der Waals surface area contributed by atoms with E-state index in [-0.39, 0.29) is 0 Å². The Kier molecular flexibility index (Phi) is 5.44. The third-order valence-corrected chi connectivity index (χ3v) is 5.67. The van der Waals surface area contributed by atoms with Crippen molar-refractivity contribution in [3.8, 4) is 0 Å². The lowest BCUT2D eigenvalue weighted by Crippen LogP contribution is -2.50. The monoisotopic (exact) mass is 282 g/mol. The van der Waals surface area contributed by atoms with Gasteiger partial charge in [0.25, 0.3) is 0 Å². The molecule has 2 N–H and O–H groups in total. The van der Waals surface area contributed by atoms with Crippen LogP contribution in [0, 0.1) is 5.92 Å². The van der Waals surface area contributed by atoms with Gasteiger partial charge in [-0.25, -0.2) is 0 Å². The fraction of sp³-hybridized carbons (Fsp3) is 0.938. The second-order valence-electron chi connectivity index (χ2n) is 6.53. The summed E-state index contributed by atoms with van der Waals surface area (Å²) < 4.78 is 0. The van der Waals surface area contributed by atoms with Crippen LogP contribution >= 0.6 is 0 Å². The molecule has 0 aromatic heterocycles. The maximum atomic E-state index is 11.5. The lowest BCUT2D eigenvalue weighted by molar-refractivity contribution is -0.145. The van der Waals surface area contributed by atoms with Crippen LogP contribution in [0.3, 0.4) is 0 Å². The van der Waals surface area contributed by atoms with Crippen LogP contribution in [0.15, 0.2) is 0 Å². The number of hydrogen-bond donors (Lipinski definition) is 2. The molecule has 1 saturated carbocycles. The zero-order chi connectivity index (χ0) is 14.6. The van der Waals surface area contributed by atoms with Gasteiger partial charge in [0, 0.05) is 6.04 Å². The van der Waals surface area contributed by atoms with Gasteiger partial charge in [-0.15, -0.1) is 0 Å². The number of likely N-dealkylation sites (N-methyl/N-ethyl adjacent to an activating group) is 1. The molecule has 2 fully saturated rings. The van der Waals surface area contributed by atoms with Crippen molar-refractivity contribution in [1.82, 2.24) is 10.2 Å². The summed E-state index contributed by atoms with van der Waals surface area (Å²) in [5.74, 6) is 0.211. The van der Waals surface area contributed by atoms with Crippen LogP contribution in [0.25, 0.3) is 0 Å². The highest BCUT2D eigenvalue weighted by Crippen LogP contribution is 2.36. The molecule has 0 aromatic carbocycles. The number of likely N-dealkylation sites (tertiary alicyclic amines) is 1. The summed E-state index contributed by atoms with van der Waals surface area (Å²) in [6.07, 6.45) is 9.25. The van der Waals surface area contributed by atoms with Crippen molar-refractivity contribution < 1.29 is 9.90 Å². The molecule has 4 heteroatoms. The van der Waals surface area contributed by atoms with Crippen LogP contribution in [0.1, 0.15) is 58.3 Å². The largest absolute Gasteiger partial charge is 0.480 e. The molecule has 1 aliphatic heterocycles. The zero-order valence-corrected chi connectivity index (χ0v) is 13.0. The fourth-order valence-electron chi connectivity index (χ4n) is 4.21. The number of hydrogen-bond acceptors (Lipinski definition) is 3. The second kappa shape index (κ2) is 6.90. The van der Waals surface area contributed by atoms with Gasteiger partial charge in [0.1, 0.15) is 5.54 Å². The average Bonchev–Trinajstić information content (AvgIpc) is 2.87. The first-order valence-electron chi connectivity index (χ1n) is 8.29. The van der Waals surface area contributed by atoms with E-state index < -0.39 is 11.5 Å². The number of nitrogens with one attached hydrogen (secondary N) is 1. The predicted octanol–water partition coefficient (Wildman–Crippen LogP) is 2.48. The molecule has 20 heavy (non-hydrogen) atoms. The number of carboxylic acid groups (broad SMARTS) is 1. The Hall–Kier alpha value is -0.610. The van der Waals surface area contributed by atoms with E-state index in [1.165, 1.54) is 38.6 Å². The van der Waals surface area contributed by atoms with E-state index in [1.54, 1.807) is 7.05 Å². The van der Waals surface area contributed by atoms with E-state index >= 15 is 0 Å². The Morgan fingerprint density at radius 2 is 2.10 bits per heavy atom. The summed E-state index contributed by atoms with van der Waals surface area (Å²) in [6, 6.07) is 0.791. The highest BCUT2D eigenvalue weighted by Gasteiger charge is 2.37. The minimum atomic E-state index is -0.730. The van der Waals surface area contributed by atoms with E-state index in [9.17, 15) is 9.90 Å². The number of carboxylic acids is 1. The number of aliphatic carboxylic acids is 1. The molecule has 3 unspecified atom stereocenters. The molecule has 0 amide bonds. The maximum Gasteiger partial charge on any atom is 0.323 e. The second-order valence-corrected chi connectivity index (χ2v) is 6.53. The minimum Gasteiger partial charge on any atom is -0.480 e. The van der Waals surface area contributed by atoms with Crippen molar-refractivity contribution in [2.45, 2.75) is 69.9 Å². The van der Waals surface area contributed by atoms with Crippen LogP contribution in [-0.4, -0.2) is 47.7 Å². The summed E-state index contributed by atoms with van der Waals surface area (Å²) >= 11 is 0. The van der Waals surface area contributed by atoms with Crippen LogP contribution in [0.4, 0.5) is 0 Å². The molecule has 3 atom stereocenters. The predicted molar refractivity (Wildman–Crippen MR) is 80.9 cm³/mol. The van der Waals surface area contributed by atoms with Gasteiger partial charge in [-0.2, -0.15) is 0 Å². The van der Waals surface area contributed by atoms with Crippen molar-refractivity contribution >= 4 is 5.97 Å². The topological polar surface area (TPSA) is 52.6 Å². The minimum absolute atomic E-state index is 0.644. The molecular weight excluding hydrogens is 252 g/mol. The first kappa shape index (κ1) is 15.8. The quantitative estimate of drug-likeness (QED) is 0.753. The van der Waals surface area contributed by atoms with Crippen molar-refractivity contribution in [2.75, 3.05) is 20.1 Å². The third kappa shape index (κ3) is 3.17. The lowest BCUT2D eigenvalue weighted by Gasteiger charge is -2.33. The summed E-state index contributed by atoms with van der Waals surface area (Å²) in [4.78, 5) is 14.1. The molecule has 0 aromatic rings. The Labute approximate surface area is 122 Å². The molecule has 2 aliphatic rings. The van der Waals surface area contributed by atoms with Gasteiger partial charge in [-0.1, -0.05) is 19.8 Å². The van der Waals surface area contributed by atoms with Gasteiger partial charge < -0.3 is 15.3 Å². The number of carbonyl (C=O) groups is 1. The molecule has 1 aliphatic carbocycles. The average molecular weight is 282 g/mol. The summed E-state index contributed by atoms with van der Waals surface area (Å²) in [5.41, 5.74) is -0.730. The zero-order valence-electron chi connectivity index (χ0n) is 13.0. The van der Waals surface area contributed by atoms with Gasteiger partial charge in [0.15, 0.2) is 0 Å². The molecule has 1 heterocycles. The molecule has 0 radical (unpaired) electrons. The molecule has 1 saturated heterocycles.